The maximum absolute atomic E-state index is 14.8. The lowest BCUT2D eigenvalue weighted by molar-refractivity contribution is -0.256. The fraction of sp³-hybridized carbons (Fsp3) is 0.556. The van der Waals surface area contributed by atoms with Gasteiger partial charge in [-0.25, -0.2) is 4.79 Å². The molecule has 0 spiro atoms. The number of unbranched alkanes of at least 4 members (excludes halogenated alkanes) is 2. The Hall–Kier alpha value is -7.20. The van der Waals surface area contributed by atoms with E-state index in [1.54, 1.807) is 20.8 Å². The van der Waals surface area contributed by atoms with Crippen LogP contribution in [-0.4, -0.2) is 179 Å². The van der Waals surface area contributed by atoms with Gasteiger partial charge in [0.25, 0.3) is 11.8 Å². The maximum Gasteiger partial charge on any atom is 0.312 e. The van der Waals surface area contributed by atoms with Gasteiger partial charge >= 0.3 is 6.03 Å². The van der Waals surface area contributed by atoms with E-state index in [4.69, 9.17) is 29.4 Å². The zero-order chi connectivity index (χ0) is 57.9. The standard InChI is InChI=1S/C54H68N8O18/c1-25(2)43(60-34(64)14-7-6-8-18-62-36(66)15-16-37(62)67)50(73)59-31(13-10-17-56-53(55)74)49(72)57-24-35(65)58-30-12-9-11-28-39(30)46(70)42-41(44(28)68)45(69)29-22-54(75,27(4)63)23-33(40(29)47(42)71)79-38-21-32-48(26(3)78-38)80-51-52(76-5)77-20-19-61(32)51/h9,11-12,15-16,25-26,31-33,38,43,48,51-52,69,71,75H,6-8,10,13-14,17-24H2,1-5H3,(H,57,72)(H,58,65)(H,59,73)(H,60,64)(H3,55,56,74)/t26-,31-,32-,33-,38-,43-,48+,51+,52-,54-/m0/s1. The van der Waals surface area contributed by atoms with Crippen LogP contribution < -0.4 is 32.3 Å². The van der Waals surface area contributed by atoms with Crippen LogP contribution in [0.15, 0.2) is 30.4 Å². The van der Waals surface area contributed by atoms with Gasteiger partial charge in [0.1, 0.15) is 35.3 Å². The number of ether oxygens (including phenoxy) is 5. The Kier molecular flexibility index (Phi) is 18.2. The molecule has 432 valence electrons. The molecule has 0 radical (unpaired) electrons. The molecule has 80 heavy (non-hydrogen) atoms. The molecule has 6 aliphatic rings. The highest BCUT2D eigenvalue weighted by Gasteiger charge is 2.55. The maximum atomic E-state index is 14.8. The second-order valence-corrected chi connectivity index (χ2v) is 21.1. The van der Waals surface area contributed by atoms with E-state index in [1.165, 1.54) is 37.5 Å². The number of rotatable bonds is 22. The van der Waals surface area contributed by atoms with Gasteiger partial charge in [0.15, 0.2) is 36.2 Å². The number of urea groups is 1. The Balaban J connectivity index is 0.955. The molecule has 4 heterocycles. The van der Waals surface area contributed by atoms with Gasteiger partial charge in [0.2, 0.25) is 23.6 Å². The molecule has 4 aliphatic heterocycles. The van der Waals surface area contributed by atoms with Crippen LogP contribution in [0.3, 0.4) is 0 Å². The van der Waals surface area contributed by atoms with Crippen molar-refractivity contribution in [3.63, 3.8) is 0 Å². The number of phenolic OH excluding ortho intramolecular Hbond substituents is 2. The number of phenols is 2. The number of fused-ring (bicyclic) bond motifs is 6. The summed E-state index contributed by atoms with van der Waals surface area (Å²) >= 11 is 0. The highest BCUT2D eigenvalue weighted by molar-refractivity contribution is 6.32. The molecular formula is C54H68N8O18. The number of Topliss-reactive ketones (excluding diaryl/α,β-unsaturated/α-hetero) is 1. The summed E-state index contributed by atoms with van der Waals surface area (Å²) in [5.41, 5.74) is 0.651. The number of nitrogens with zero attached hydrogens (tertiary/aromatic N) is 2. The van der Waals surface area contributed by atoms with Crippen molar-refractivity contribution >= 4 is 64.5 Å². The number of nitrogens with one attached hydrogen (secondary N) is 5. The zero-order valence-corrected chi connectivity index (χ0v) is 45.0. The number of carbonyl (C=O) groups is 10. The number of anilines is 1. The molecule has 10 atom stereocenters. The third kappa shape index (κ3) is 12.3. The lowest BCUT2D eigenvalue weighted by Gasteiger charge is -2.43. The van der Waals surface area contributed by atoms with Gasteiger partial charge in [-0.15, -0.1) is 0 Å². The predicted molar refractivity (Wildman–Crippen MR) is 277 cm³/mol. The van der Waals surface area contributed by atoms with Crippen molar-refractivity contribution < 1.29 is 86.9 Å². The van der Waals surface area contributed by atoms with Crippen molar-refractivity contribution in [2.75, 3.05) is 45.2 Å². The molecule has 26 nitrogen and oxygen atoms in total. The van der Waals surface area contributed by atoms with Crippen molar-refractivity contribution in [3.8, 4) is 11.5 Å². The van der Waals surface area contributed by atoms with Crippen molar-refractivity contribution in [2.45, 2.75) is 146 Å². The van der Waals surface area contributed by atoms with Crippen LogP contribution in [0, 0.1) is 5.92 Å². The van der Waals surface area contributed by atoms with E-state index in [9.17, 15) is 63.3 Å². The fourth-order valence-electron chi connectivity index (χ4n) is 11.3. The molecule has 0 aromatic heterocycles. The average Bonchev–Trinajstić information content (AvgIpc) is 3.96. The molecule has 8 amide bonds. The number of ketones is 3. The normalized spacial score (nSPS) is 25.6. The number of methoxy groups -OCH3 is 1. The zero-order valence-electron chi connectivity index (χ0n) is 45.0. The molecule has 0 unspecified atom stereocenters. The molecule has 10 N–H and O–H groups in total. The number of hydrogen-bond acceptors (Lipinski definition) is 19. The topological polar surface area (TPSA) is 370 Å². The Bertz CT molecular complexity index is 2860. The minimum absolute atomic E-state index is 0.0202. The lowest BCUT2D eigenvalue weighted by Crippen LogP contribution is -2.56. The van der Waals surface area contributed by atoms with Crippen molar-refractivity contribution in [1.29, 1.82) is 0 Å². The Morgan fingerprint density at radius 2 is 1.61 bits per heavy atom. The van der Waals surface area contributed by atoms with E-state index in [0.717, 1.165) is 11.8 Å². The molecule has 3 fully saturated rings. The van der Waals surface area contributed by atoms with Gasteiger partial charge in [-0.2, -0.15) is 0 Å². The summed E-state index contributed by atoms with van der Waals surface area (Å²) in [7, 11) is 1.51. The Morgan fingerprint density at radius 1 is 0.887 bits per heavy atom. The first kappa shape index (κ1) is 58.9. The first-order chi connectivity index (χ1) is 38.0. The minimum atomic E-state index is -2.14. The number of benzene rings is 2. The van der Waals surface area contributed by atoms with Crippen LogP contribution >= 0.6 is 0 Å². The quantitative estimate of drug-likeness (QED) is 0.0372. The van der Waals surface area contributed by atoms with Gasteiger partial charge in [-0.1, -0.05) is 32.4 Å². The summed E-state index contributed by atoms with van der Waals surface area (Å²) in [6, 6.07) is 0.449. The number of aromatic hydroxyl groups is 2. The summed E-state index contributed by atoms with van der Waals surface area (Å²) in [5, 5.41) is 48.7. The predicted octanol–water partition coefficient (Wildman–Crippen LogP) is 0.345. The van der Waals surface area contributed by atoms with Crippen molar-refractivity contribution in [2.24, 2.45) is 11.7 Å². The highest BCUT2D eigenvalue weighted by atomic mass is 16.7. The third-order valence-corrected chi connectivity index (χ3v) is 15.4. The SMILES string of the molecule is CO[C@H]1OCCN2[C@@H]1O[C@@H]1[C@H](C)O[C@@H](O[C@H]3C[C@](O)(C(C)=O)Cc4c(O)c5c(c(O)c43)C(=O)c3c(NC(=O)CNC(=O)[C@H](CCCNC(N)=O)NC(=O)[C@@H](NC(=O)CCCCCN4C(=O)C=CC4=O)C(C)C)cccc3C5=O)C[C@@H]12. The van der Waals surface area contributed by atoms with E-state index < -0.39 is 162 Å². The molecular weight excluding hydrogens is 1050 g/mol. The number of carbonyl (C=O) groups excluding carboxylic acids is 10. The number of imide groups is 1. The number of hydrogen-bond donors (Lipinski definition) is 9. The molecule has 3 saturated heterocycles. The van der Waals surface area contributed by atoms with Crippen LogP contribution in [0.5, 0.6) is 11.5 Å². The van der Waals surface area contributed by atoms with Crippen molar-refractivity contribution in [1.82, 2.24) is 31.1 Å². The first-order valence-corrected chi connectivity index (χ1v) is 26.7. The number of primary amides is 1. The van der Waals surface area contributed by atoms with E-state index in [1.807, 2.05) is 0 Å². The van der Waals surface area contributed by atoms with E-state index in [2.05, 4.69) is 31.5 Å². The largest absolute Gasteiger partial charge is 0.507 e. The van der Waals surface area contributed by atoms with Crippen LogP contribution in [0.25, 0.3) is 0 Å². The van der Waals surface area contributed by atoms with E-state index in [0.29, 0.717) is 32.4 Å². The monoisotopic (exact) mass is 1120 g/mol. The minimum Gasteiger partial charge on any atom is -0.507 e. The second kappa shape index (κ2) is 24.7. The van der Waals surface area contributed by atoms with Gasteiger partial charge < -0.3 is 71.3 Å². The van der Waals surface area contributed by atoms with Gasteiger partial charge in [0.05, 0.1) is 47.7 Å². The van der Waals surface area contributed by atoms with E-state index in [-0.39, 0.29) is 72.8 Å². The van der Waals surface area contributed by atoms with Gasteiger partial charge in [0, 0.05) is 87.3 Å². The summed E-state index contributed by atoms with van der Waals surface area (Å²) in [5.74, 6) is -8.30. The fourth-order valence-corrected chi connectivity index (χ4v) is 11.3. The average molecular weight is 1120 g/mol. The summed E-state index contributed by atoms with van der Waals surface area (Å²) in [6.45, 7) is 6.68. The summed E-state index contributed by atoms with van der Waals surface area (Å²) in [6.07, 6.45) is -1.47. The van der Waals surface area contributed by atoms with Crippen LogP contribution in [-0.2, 0) is 63.7 Å². The van der Waals surface area contributed by atoms with Crippen molar-refractivity contribution in [3.05, 3.63) is 63.7 Å². The van der Waals surface area contributed by atoms with Crippen LogP contribution in [0.1, 0.15) is 128 Å². The number of aliphatic hydroxyl groups is 1. The molecule has 2 aromatic carbocycles. The molecule has 0 bridgehead atoms. The number of amides is 8. The van der Waals surface area contributed by atoms with Gasteiger partial charge in [-0.05, 0) is 51.5 Å². The number of morpholine rings is 1. The summed E-state index contributed by atoms with van der Waals surface area (Å²) in [4.78, 5) is 135. The Morgan fingerprint density at radius 3 is 2.30 bits per heavy atom. The molecule has 2 aromatic rings. The smallest absolute Gasteiger partial charge is 0.312 e. The lowest BCUT2D eigenvalue weighted by atomic mass is 9.72. The second-order valence-electron chi connectivity index (χ2n) is 21.1. The highest BCUT2D eigenvalue weighted by Crippen LogP contribution is 2.53. The molecule has 2 aliphatic carbocycles. The Labute approximate surface area is 459 Å². The first-order valence-electron chi connectivity index (χ1n) is 26.7. The van der Waals surface area contributed by atoms with Crippen LogP contribution in [0.2, 0.25) is 0 Å². The molecule has 8 rings (SSSR count). The number of nitrogens with two attached hydrogens (primary N) is 1. The van der Waals surface area contributed by atoms with Gasteiger partial charge in [-0.3, -0.25) is 53.0 Å². The molecule has 0 saturated carbocycles. The van der Waals surface area contributed by atoms with Crippen LogP contribution in [0.4, 0.5) is 10.5 Å². The summed E-state index contributed by atoms with van der Waals surface area (Å²) < 4.78 is 30.4. The molecule has 26 heteroatoms. The third-order valence-electron chi connectivity index (χ3n) is 15.4. The van der Waals surface area contributed by atoms with E-state index >= 15 is 0 Å².